The van der Waals surface area contributed by atoms with Crippen molar-refractivity contribution in [2.75, 3.05) is 0 Å². The van der Waals surface area contributed by atoms with E-state index in [1.165, 1.54) is 4.68 Å². The first-order chi connectivity index (χ1) is 7.09. The molecule has 0 aliphatic carbocycles. The lowest BCUT2D eigenvalue weighted by atomic mass is 10.2. The predicted octanol–water partition coefficient (Wildman–Crippen LogP) is -0.0862. The van der Waals surface area contributed by atoms with Crippen LogP contribution in [0.15, 0.2) is 12.4 Å². The van der Waals surface area contributed by atoms with Gasteiger partial charge in [0, 0.05) is 25.9 Å². The summed E-state index contributed by atoms with van der Waals surface area (Å²) in [5.41, 5.74) is 1.07. The van der Waals surface area contributed by atoms with Crippen molar-refractivity contribution in [2.24, 2.45) is 14.1 Å². The fraction of sp³-hybridized carbons (Fsp3) is 0.250. The minimum absolute atomic E-state index is 0.0644. The highest BCUT2D eigenvalue weighted by Crippen LogP contribution is 2.20. The van der Waals surface area contributed by atoms with E-state index < -0.39 is 5.97 Å². The van der Waals surface area contributed by atoms with E-state index in [0.717, 1.165) is 0 Å². The molecule has 2 rings (SSSR count). The summed E-state index contributed by atoms with van der Waals surface area (Å²) in [4.78, 5) is 10.9. The van der Waals surface area contributed by atoms with Crippen molar-refractivity contribution in [1.29, 1.82) is 0 Å². The summed E-state index contributed by atoms with van der Waals surface area (Å²) in [6.07, 6.45) is 3.29. The van der Waals surface area contributed by atoms with E-state index in [1.807, 2.05) is 0 Å². The monoisotopic (exact) mass is 207 g/mol. The smallest absolute Gasteiger partial charge is 0.358 e. The van der Waals surface area contributed by atoms with E-state index >= 15 is 0 Å². The highest BCUT2D eigenvalue weighted by Gasteiger charge is 2.19. The van der Waals surface area contributed by atoms with Gasteiger partial charge in [-0.1, -0.05) is 5.21 Å². The lowest BCUT2D eigenvalue weighted by molar-refractivity contribution is 0.0691. The molecule has 0 bridgehead atoms. The number of carbonyl (C=O) groups is 1. The van der Waals surface area contributed by atoms with E-state index in [1.54, 1.807) is 31.2 Å². The first kappa shape index (κ1) is 9.38. The van der Waals surface area contributed by atoms with Gasteiger partial charge in [-0.2, -0.15) is 5.10 Å². The predicted molar refractivity (Wildman–Crippen MR) is 50.2 cm³/mol. The third kappa shape index (κ3) is 1.47. The van der Waals surface area contributed by atoms with Crippen LogP contribution in [0.25, 0.3) is 11.3 Å². The topological polar surface area (TPSA) is 85.8 Å². The Morgan fingerprint density at radius 3 is 2.73 bits per heavy atom. The second-order valence-electron chi connectivity index (χ2n) is 3.12. The molecule has 0 spiro atoms. The molecule has 7 nitrogen and oxygen atoms in total. The SMILES string of the molecule is Cn1cc(-c2c(C(=O)O)nnn2C)cn1. The summed E-state index contributed by atoms with van der Waals surface area (Å²) >= 11 is 0. The molecular formula is C8H9N5O2. The molecule has 0 aromatic carbocycles. The molecule has 0 radical (unpaired) electrons. The Bertz CT molecular complexity index is 513. The highest BCUT2D eigenvalue weighted by molar-refractivity contribution is 5.92. The molecule has 0 unspecified atom stereocenters. The molecule has 0 saturated carbocycles. The molecule has 0 amide bonds. The van der Waals surface area contributed by atoms with Gasteiger partial charge in [-0.05, 0) is 0 Å². The minimum atomic E-state index is -1.10. The molecule has 2 heterocycles. The number of hydrogen-bond donors (Lipinski definition) is 1. The fourth-order valence-electron chi connectivity index (χ4n) is 1.37. The van der Waals surface area contributed by atoms with Gasteiger partial charge < -0.3 is 5.11 Å². The highest BCUT2D eigenvalue weighted by atomic mass is 16.4. The summed E-state index contributed by atoms with van der Waals surface area (Å²) in [5.74, 6) is -1.10. The number of carboxylic acid groups (broad SMARTS) is 1. The van der Waals surface area contributed by atoms with Gasteiger partial charge in [-0.3, -0.25) is 4.68 Å². The van der Waals surface area contributed by atoms with Crippen molar-refractivity contribution >= 4 is 5.97 Å². The molecule has 7 heteroatoms. The summed E-state index contributed by atoms with van der Waals surface area (Å²) in [5, 5.41) is 20.1. The quantitative estimate of drug-likeness (QED) is 0.744. The minimum Gasteiger partial charge on any atom is -0.476 e. The van der Waals surface area contributed by atoms with Gasteiger partial charge in [-0.25, -0.2) is 9.48 Å². The molecule has 0 aliphatic heterocycles. The standard InChI is InChI=1S/C8H9N5O2/c1-12-4-5(3-9-12)7-6(8(14)15)10-11-13(7)2/h3-4H,1-2H3,(H,14,15). The second-order valence-corrected chi connectivity index (χ2v) is 3.12. The summed E-state index contributed by atoms with van der Waals surface area (Å²) in [7, 11) is 3.40. The first-order valence-corrected chi connectivity index (χ1v) is 4.21. The summed E-state index contributed by atoms with van der Waals surface area (Å²) in [6, 6.07) is 0. The van der Waals surface area contributed by atoms with Crippen LogP contribution < -0.4 is 0 Å². The summed E-state index contributed by atoms with van der Waals surface area (Å²) in [6.45, 7) is 0. The van der Waals surface area contributed by atoms with Gasteiger partial charge in [0.1, 0.15) is 5.69 Å². The Morgan fingerprint density at radius 2 is 2.20 bits per heavy atom. The van der Waals surface area contributed by atoms with Gasteiger partial charge in [0.15, 0.2) is 5.69 Å². The zero-order valence-electron chi connectivity index (χ0n) is 8.25. The maximum atomic E-state index is 10.9. The van der Waals surface area contributed by atoms with Crippen molar-refractivity contribution in [3.8, 4) is 11.3 Å². The average molecular weight is 207 g/mol. The molecule has 2 aromatic heterocycles. The lowest BCUT2D eigenvalue weighted by Gasteiger charge is -1.97. The van der Waals surface area contributed by atoms with Crippen molar-refractivity contribution in [3.63, 3.8) is 0 Å². The van der Waals surface area contributed by atoms with Crippen LogP contribution >= 0.6 is 0 Å². The number of nitrogens with zero attached hydrogens (tertiary/aromatic N) is 5. The maximum Gasteiger partial charge on any atom is 0.358 e. The van der Waals surface area contributed by atoms with Crippen LogP contribution in [0.3, 0.4) is 0 Å². The Labute approximate surface area is 84.9 Å². The molecule has 1 N–H and O–H groups in total. The van der Waals surface area contributed by atoms with E-state index in [0.29, 0.717) is 11.3 Å². The normalized spacial score (nSPS) is 10.5. The molecule has 0 saturated heterocycles. The molecular weight excluding hydrogens is 198 g/mol. The molecule has 78 valence electrons. The van der Waals surface area contributed by atoms with Crippen LogP contribution in [0, 0.1) is 0 Å². The van der Waals surface area contributed by atoms with E-state index in [4.69, 9.17) is 5.11 Å². The number of aromatic nitrogens is 5. The number of aryl methyl sites for hydroxylation is 2. The molecule has 15 heavy (non-hydrogen) atoms. The Balaban J connectivity index is 2.60. The Morgan fingerprint density at radius 1 is 1.47 bits per heavy atom. The van der Waals surface area contributed by atoms with Gasteiger partial charge in [0.25, 0.3) is 0 Å². The van der Waals surface area contributed by atoms with Crippen LogP contribution in [0.4, 0.5) is 0 Å². The first-order valence-electron chi connectivity index (χ1n) is 4.21. The average Bonchev–Trinajstić information content (AvgIpc) is 2.71. The van der Waals surface area contributed by atoms with E-state index in [9.17, 15) is 4.79 Å². The van der Waals surface area contributed by atoms with Crippen LogP contribution in [-0.2, 0) is 14.1 Å². The van der Waals surface area contributed by atoms with E-state index in [-0.39, 0.29) is 5.69 Å². The molecule has 0 fully saturated rings. The van der Waals surface area contributed by atoms with Gasteiger partial charge in [0.05, 0.1) is 6.20 Å². The fourth-order valence-corrected chi connectivity index (χ4v) is 1.37. The number of aromatic carboxylic acids is 1. The van der Waals surface area contributed by atoms with Crippen molar-refractivity contribution in [2.45, 2.75) is 0 Å². The third-order valence-electron chi connectivity index (χ3n) is 2.01. The van der Waals surface area contributed by atoms with Crippen molar-refractivity contribution in [3.05, 3.63) is 18.1 Å². The molecule has 2 aromatic rings. The van der Waals surface area contributed by atoms with Gasteiger partial charge in [0.2, 0.25) is 0 Å². The number of carboxylic acids is 1. The van der Waals surface area contributed by atoms with E-state index in [2.05, 4.69) is 15.4 Å². The number of rotatable bonds is 2. The summed E-state index contributed by atoms with van der Waals surface area (Å²) < 4.78 is 3.01. The zero-order valence-corrected chi connectivity index (χ0v) is 8.25. The molecule has 0 aliphatic rings. The zero-order chi connectivity index (χ0) is 11.0. The van der Waals surface area contributed by atoms with Crippen LogP contribution in [0.1, 0.15) is 10.5 Å². The number of hydrogen-bond acceptors (Lipinski definition) is 4. The van der Waals surface area contributed by atoms with Crippen LogP contribution in [0.2, 0.25) is 0 Å². The van der Waals surface area contributed by atoms with Crippen LogP contribution in [0.5, 0.6) is 0 Å². The Kier molecular flexibility index (Phi) is 2.00. The van der Waals surface area contributed by atoms with Gasteiger partial charge >= 0.3 is 5.97 Å². The Hall–Kier alpha value is -2.18. The van der Waals surface area contributed by atoms with Crippen LogP contribution in [-0.4, -0.2) is 35.9 Å². The molecule has 0 atom stereocenters. The second kappa shape index (κ2) is 3.19. The van der Waals surface area contributed by atoms with Gasteiger partial charge in [-0.15, -0.1) is 5.10 Å². The van der Waals surface area contributed by atoms with Crippen molar-refractivity contribution in [1.82, 2.24) is 24.8 Å². The van der Waals surface area contributed by atoms with Crippen molar-refractivity contribution < 1.29 is 9.90 Å². The maximum absolute atomic E-state index is 10.9. The lowest BCUT2D eigenvalue weighted by Crippen LogP contribution is -2.00. The largest absolute Gasteiger partial charge is 0.476 e. The third-order valence-corrected chi connectivity index (χ3v) is 2.01.